The van der Waals surface area contributed by atoms with E-state index in [1.54, 1.807) is 11.3 Å². The van der Waals surface area contributed by atoms with E-state index < -0.39 is 13.0 Å². The molecule has 176 valence electrons. The van der Waals surface area contributed by atoms with Crippen molar-refractivity contribution in [1.82, 2.24) is 19.9 Å². The molecule has 0 aliphatic carbocycles. The minimum absolute atomic E-state index is 0.293. The van der Waals surface area contributed by atoms with E-state index in [1.165, 1.54) is 0 Å². The summed E-state index contributed by atoms with van der Waals surface area (Å²) in [4.78, 5) is 3.51. The first-order chi connectivity index (χ1) is 15.0. The lowest BCUT2D eigenvalue weighted by molar-refractivity contribution is -0.129. The molecule has 4 rings (SSSR count). The maximum absolute atomic E-state index is 10.2. The van der Waals surface area contributed by atoms with Gasteiger partial charge in [0.2, 0.25) is 6.93 Å². The van der Waals surface area contributed by atoms with E-state index in [4.69, 9.17) is 16.3 Å². The van der Waals surface area contributed by atoms with Crippen LogP contribution in [0, 0.1) is 0 Å². The first kappa shape index (κ1) is 26.5. The molecule has 1 unspecified atom stereocenters. The summed E-state index contributed by atoms with van der Waals surface area (Å²) < 4.78 is 28.0. The summed E-state index contributed by atoms with van der Waals surface area (Å²) in [7, 11) is 0. The van der Waals surface area contributed by atoms with E-state index in [-0.39, 0.29) is 5.60 Å². The Morgan fingerprint density at radius 1 is 1.35 bits per heavy atom. The summed E-state index contributed by atoms with van der Waals surface area (Å²) in [5.41, 5.74) is 1.68. The Hall–Kier alpha value is -0.780. The lowest BCUT2D eigenvalue weighted by Crippen LogP contribution is -2.46. The zero-order chi connectivity index (χ0) is 22.9. The molecule has 0 radical (unpaired) electrons. The molecule has 11 heteroatoms. The predicted molar refractivity (Wildman–Crippen MR) is 123 cm³/mol. The van der Waals surface area contributed by atoms with Gasteiger partial charge in [-0.05, 0) is 25.2 Å². The van der Waals surface area contributed by atoms with Gasteiger partial charge in [0.25, 0.3) is 0 Å². The summed E-state index contributed by atoms with van der Waals surface area (Å²) in [6.07, 6.45) is 5.40. The number of ether oxygens (including phenoxy) is 1. The lowest BCUT2D eigenvalue weighted by Gasteiger charge is -2.44. The highest BCUT2D eigenvalue weighted by Crippen LogP contribution is 2.49. The number of hydrogen-bond donors (Lipinski definition) is 1. The molecule has 2 aromatic rings. The van der Waals surface area contributed by atoms with Crippen LogP contribution in [-0.2, 0) is 23.4 Å². The van der Waals surface area contributed by atoms with Crippen molar-refractivity contribution >= 4 is 34.7 Å². The summed E-state index contributed by atoms with van der Waals surface area (Å²) >= 11 is 9.58. The van der Waals surface area contributed by atoms with Crippen molar-refractivity contribution in [2.24, 2.45) is 0 Å². The second kappa shape index (κ2) is 13.1. The molecule has 0 amide bonds. The van der Waals surface area contributed by atoms with Crippen LogP contribution in [0.25, 0.3) is 0 Å². The summed E-state index contributed by atoms with van der Waals surface area (Å²) in [6, 6.07) is 1.90. The number of aryl methyl sites for hydroxylation is 1. The maximum atomic E-state index is 10.2. The number of alkyl halides is 2. The van der Waals surface area contributed by atoms with Crippen molar-refractivity contribution < 1.29 is 18.6 Å². The Balaban J connectivity index is 0.000000630. The molecule has 1 N–H and O–H groups in total. The SMILES string of the molecule is CC.CSCCn1cc(CN2CCC3(CC2)OCC(O)c2cc(Cl)sc23)nn1.FCF. The van der Waals surface area contributed by atoms with Crippen LogP contribution in [0.2, 0.25) is 4.34 Å². The molecule has 2 aliphatic rings. The van der Waals surface area contributed by atoms with E-state index >= 15 is 0 Å². The van der Waals surface area contributed by atoms with Crippen LogP contribution in [0.1, 0.15) is 48.9 Å². The molecule has 0 bridgehead atoms. The van der Waals surface area contributed by atoms with Gasteiger partial charge in [-0.15, -0.1) is 16.4 Å². The van der Waals surface area contributed by atoms with Crippen LogP contribution in [0.3, 0.4) is 0 Å². The van der Waals surface area contributed by atoms with Gasteiger partial charge in [-0.3, -0.25) is 9.58 Å². The second-order valence-corrected chi connectivity index (χ2v) is 9.67. The monoisotopic (exact) mass is 496 g/mol. The number of likely N-dealkylation sites (tertiary alicyclic amines) is 1. The Labute approximate surface area is 195 Å². The van der Waals surface area contributed by atoms with Crippen LogP contribution in [0.5, 0.6) is 0 Å². The molecule has 0 saturated carbocycles. The molecule has 4 heterocycles. The zero-order valence-corrected chi connectivity index (χ0v) is 20.6. The molecular weight excluding hydrogens is 466 g/mol. The lowest BCUT2D eigenvalue weighted by atomic mass is 9.84. The average Bonchev–Trinajstić information content (AvgIpc) is 3.40. The largest absolute Gasteiger partial charge is 0.386 e. The van der Waals surface area contributed by atoms with E-state index in [0.29, 0.717) is 6.61 Å². The number of halogens is 3. The molecule has 2 aliphatic heterocycles. The normalized spacial score (nSPS) is 19.8. The zero-order valence-electron chi connectivity index (χ0n) is 18.2. The third kappa shape index (κ3) is 6.85. The Morgan fingerprint density at radius 2 is 2.03 bits per heavy atom. The first-order valence-corrected chi connectivity index (χ1v) is 12.9. The van der Waals surface area contributed by atoms with Gasteiger partial charge in [0.15, 0.2) is 0 Å². The summed E-state index contributed by atoms with van der Waals surface area (Å²) in [5, 5.41) is 18.7. The van der Waals surface area contributed by atoms with Crippen LogP contribution in [0.4, 0.5) is 8.78 Å². The number of fused-ring (bicyclic) bond motifs is 2. The highest BCUT2D eigenvalue weighted by Gasteiger charge is 2.44. The van der Waals surface area contributed by atoms with Crippen molar-refractivity contribution in [3.05, 3.63) is 32.7 Å². The Kier molecular flexibility index (Phi) is 11.1. The van der Waals surface area contributed by atoms with E-state index in [2.05, 4.69) is 21.5 Å². The Morgan fingerprint density at radius 3 is 2.68 bits per heavy atom. The van der Waals surface area contributed by atoms with Gasteiger partial charge in [0.1, 0.15) is 11.7 Å². The third-order valence-electron chi connectivity index (χ3n) is 5.18. The van der Waals surface area contributed by atoms with Gasteiger partial charge in [-0.25, -0.2) is 8.78 Å². The topological polar surface area (TPSA) is 63.4 Å². The number of thiophene rings is 1. The fourth-order valence-corrected chi connectivity index (χ4v) is 5.61. The van der Waals surface area contributed by atoms with Crippen LogP contribution < -0.4 is 0 Å². The van der Waals surface area contributed by atoms with Crippen molar-refractivity contribution in [2.45, 2.75) is 51.5 Å². The summed E-state index contributed by atoms with van der Waals surface area (Å²) in [6.45, 7) is 6.18. The fourth-order valence-electron chi connectivity index (χ4n) is 3.75. The van der Waals surface area contributed by atoms with E-state index in [0.717, 1.165) is 65.2 Å². The highest BCUT2D eigenvalue weighted by atomic mass is 35.5. The van der Waals surface area contributed by atoms with Gasteiger partial charge in [-0.1, -0.05) is 30.7 Å². The second-order valence-electron chi connectivity index (χ2n) is 7.00. The van der Waals surface area contributed by atoms with E-state index in [1.807, 2.05) is 42.6 Å². The number of aliphatic hydroxyl groups is 1. The van der Waals surface area contributed by atoms with Crippen molar-refractivity contribution in [3.8, 4) is 0 Å². The number of aliphatic hydroxyl groups excluding tert-OH is 1. The fraction of sp³-hybridized carbons (Fsp3) is 0.700. The van der Waals surface area contributed by atoms with Gasteiger partial charge in [0.05, 0.1) is 23.2 Å². The van der Waals surface area contributed by atoms with Crippen molar-refractivity contribution in [3.63, 3.8) is 0 Å². The number of thioether (sulfide) groups is 1. The first-order valence-electron chi connectivity index (χ1n) is 10.4. The van der Waals surface area contributed by atoms with Gasteiger partial charge in [0, 0.05) is 42.0 Å². The molecule has 31 heavy (non-hydrogen) atoms. The highest BCUT2D eigenvalue weighted by molar-refractivity contribution is 7.98. The Bertz CT molecular complexity index is 785. The standard InChI is InChI=1S/C17H23ClN4O2S2.C2H6.CH2F2/c1-25-7-6-22-10-12(19-20-22)9-21-4-2-17(3-5-21)16-13(8-15(18)26-16)14(23)11-24-17;1-2;2-1-3/h8,10,14,23H,2-7,9,11H2,1H3;1-2H3;1H2. The number of rotatable bonds is 5. The van der Waals surface area contributed by atoms with Crippen molar-refractivity contribution in [1.29, 1.82) is 0 Å². The number of aromatic nitrogens is 3. The average molecular weight is 497 g/mol. The van der Waals surface area contributed by atoms with Gasteiger partial charge >= 0.3 is 0 Å². The molecule has 0 aromatic carbocycles. The molecule has 6 nitrogen and oxygen atoms in total. The van der Waals surface area contributed by atoms with Crippen molar-refractivity contribution in [2.75, 3.05) is 38.6 Å². The summed E-state index contributed by atoms with van der Waals surface area (Å²) in [5.74, 6) is 1.05. The molecule has 1 fully saturated rings. The molecule has 2 aromatic heterocycles. The van der Waals surface area contributed by atoms with Gasteiger partial charge in [-0.2, -0.15) is 11.8 Å². The maximum Gasteiger partial charge on any atom is 0.229 e. The number of nitrogens with zero attached hydrogens (tertiary/aromatic N) is 4. The minimum Gasteiger partial charge on any atom is -0.386 e. The van der Waals surface area contributed by atoms with Crippen LogP contribution in [-0.4, -0.2) is 63.6 Å². The number of piperidine rings is 1. The molecule has 1 saturated heterocycles. The van der Waals surface area contributed by atoms with E-state index in [9.17, 15) is 13.9 Å². The molecule has 1 atom stereocenters. The quantitative estimate of drug-likeness (QED) is 0.640. The number of hydrogen-bond acceptors (Lipinski definition) is 7. The molecule has 1 spiro atoms. The predicted octanol–water partition coefficient (Wildman–Crippen LogP) is 4.82. The third-order valence-corrected chi connectivity index (χ3v) is 7.24. The van der Waals surface area contributed by atoms with Crippen LogP contribution in [0.15, 0.2) is 12.3 Å². The minimum atomic E-state index is -1.75. The molecular formula is C20H31ClF2N4O2S2. The van der Waals surface area contributed by atoms with Gasteiger partial charge < -0.3 is 9.84 Å². The van der Waals surface area contributed by atoms with Crippen LogP contribution >= 0.6 is 34.7 Å². The smallest absolute Gasteiger partial charge is 0.229 e.